The van der Waals surface area contributed by atoms with E-state index < -0.39 is 0 Å². The van der Waals surface area contributed by atoms with Gasteiger partial charge in [0.05, 0.1) is 11.0 Å². The fourth-order valence-corrected chi connectivity index (χ4v) is 2.68. The van der Waals surface area contributed by atoms with Crippen molar-refractivity contribution in [2.75, 3.05) is 0 Å². The first-order valence-corrected chi connectivity index (χ1v) is 8.47. The molecule has 0 atom stereocenters. The molecule has 0 saturated carbocycles. The van der Waals surface area contributed by atoms with E-state index >= 15 is 0 Å². The fraction of sp³-hybridized carbons (Fsp3) is 0.182. The molecule has 0 saturated heterocycles. The molecule has 0 N–H and O–H groups in total. The van der Waals surface area contributed by atoms with Crippen molar-refractivity contribution in [1.29, 1.82) is 0 Å². The van der Waals surface area contributed by atoms with Crippen LogP contribution in [0.2, 0.25) is 0 Å². The summed E-state index contributed by atoms with van der Waals surface area (Å²) in [4.78, 5) is 8.55. The largest absolute Gasteiger partial charge is 0.256 e. The number of aryl methyl sites for hydroxylation is 2. The highest BCUT2D eigenvalue weighted by Gasteiger charge is 1.94. The monoisotopic (exact) mass is 314 g/mol. The van der Waals surface area contributed by atoms with Crippen LogP contribution in [0.4, 0.5) is 0 Å². The maximum Gasteiger partial charge on any atom is 0.0704 e. The Morgan fingerprint density at radius 1 is 0.625 bits per heavy atom. The Bertz CT molecular complexity index is 865. The zero-order valence-corrected chi connectivity index (χ0v) is 14.2. The molecule has 4 aromatic rings. The molecule has 4 rings (SSSR count). The molecular formula is C22H22N2. The normalized spacial score (nSPS) is 10.4. The SMILES string of the molecule is CCc1ccc2cccnc2c1.CCc1ccc2ncccc2c1. The van der Waals surface area contributed by atoms with Gasteiger partial charge >= 0.3 is 0 Å². The molecule has 0 aliphatic carbocycles. The van der Waals surface area contributed by atoms with E-state index in [1.807, 2.05) is 24.5 Å². The lowest BCUT2D eigenvalue weighted by atomic mass is 10.1. The van der Waals surface area contributed by atoms with Gasteiger partial charge in [0.25, 0.3) is 0 Å². The molecule has 0 aliphatic heterocycles. The van der Waals surface area contributed by atoms with Crippen molar-refractivity contribution in [3.8, 4) is 0 Å². The van der Waals surface area contributed by atoms with Gasteiger partial charge in [-0.1, -0.05) is 44.2 Å². The second kappa shape index (κ2) is 7.69. The van der Waals surface area contributed by atoms with Crippen LogP contribution in [0.15, 0.2) is 73.1 Å². The van der Waals surface area contributed by atoms with E-state index in [-0.39, 0.29) is 0 Å². The van der Waals surface area contributed by atoms with Gasteiger partial charge < -0.3 is 0 Å². The third kappa shape index (κ3) is 3.77. The minimum Gasteiger partial charge on any atom is -0.256 e. The van der Waals surface area contributed by atoms with Crippen LogP contribution in [0, 0.1) is 0 Å². The van der Waals surface area contributed by atoms with Gasteiger partial charge in [-0.15, -0.1) is 0 Å². The van der Waals surface area contributed by atoms with Crippen LogP contribution in [0.5, 0.6) is 0 Å². The van der Waals surface area contributed by atoms with Crippen molar-refractivity contribution in [2.45, 2.75) is 26.7 Å². The number of fused-ring (bicyclic) bond motifs is 2. The Morgan fingerprint density at radius 2 is 1.25 bits per heavy atom. The molecule has 2 nitrogen and oxygen atoms in total. The summed E-state index contributed by atoms with van der Waals surface area (Å²) in [6.45, 7) is 4.32. The van der Waals surface area contributed by atoms with E-state index in [2.05, 4.69) is 72.3 Å². The average Bonchev–Trinajstić information content (AvgIpc) is 2.67. The number of hydrogen-bond donors (Lipinski definition) is 0. The van der Waals surface area contributed by atoms with E-state index in [9.17, 15) is 0 Å². The van der Waals surface area contributed by atoms with Crippen LogP contribution < -0.4 is 0 Å². The molecule has 0 bridgehead atoms. The summed E-state index contributed by atoms with van der Waals surface area (Å²) < 4.78 is 0. The van der Waals surface area contributed by atoms with Crippen molar-refractivity contribution >= 4 is 21.8 Å². The van der Waals surface area contributed by atoms with Gasteiger partial charge in [-0.05, 0) is 54.3 Å². The molecule has 24 heavy (non-hydrogen) atoms. The molecule has 0 radical (unpaired) electrons. The number of benzene rings is 2. The molecule has 0 fully saturated rings. The number of nitrogens with zero attached hydrogens (tertiary/aromatic N) is 2. The van der Waals surface area contributed by atoms with Crippen molar-refractivity contribution in [3.63, 3.8) is 0 Å². The summed E-state index contributed by atoms with van der Waals surface area (Å²) in [7, 11) is 0. The van der Waals surface area contributed by atoms with Crippen molar-refractivity contribution in [1.82, 2.24) is 9.97 Å². The standard InChI is InChI=1S/2C11H11N/c1-2-9-5-6-11-10(8-9)4-3-7-12-11;1-2-9-5-6-10-4-3-7-12-11(10)8-9/h2*3-8H,2H2,1H3. The first kappa shape index (κ1) is 16.1. The van der Waals surface area contributed by atoms with Gasteiger partial charge in [-0.3, -0.25) is 9.97 Å². The van der Waals surface area contributed by atoms with E-state index in [0.29, 0.717) is 0 Å². The Labute approximate surface area is 143 Å². The van der Waals surface area contributed by atoms with Crippen LogP contribution in [0.3, 0.4) is 0 Å². The van der Waals surface area contributed by atoms with Crippen LogP contribution in [-0.4, -0.2) is 9.97 Å². The highest BCUT2D eigenvalue weighted by molar-refractivity contribution is 5.79. The lowest BCUT2D eigenvalue weighted by Crippen LogP contribution is -1.81. The summed E-state index contributed by atoms with van der Waals surface area (Å²) in [6.07, 6.45) is 5.83. The molecule has 2 heteroatoms. The van der Waals surface area contributed by atoms with Crippen molar-refractivity contribution in [3.05, 3.63) is 84.2 Å². The zero-order valence-electron chi connectivity index (χ0n) is 14.2. The second-order valence-electron chi connectivity index (χ2n) is 5.77. The summed E-state index contributed by atoms with van der Waals surface area (Å²) in [5.41, 5.74) is 4.89. The number of hydrogen-bond acceptors (Lipinski definition) is 2. The van der Waals surface area contributed by atoms with Gasteiger partial charge in [-0.25, -0.2) is 0 Å². The molecule has 2 heterocycles. The van der Waals surface area contributed by atoms with Gasteiger partial charge in [0, 0.05) is 23.2 Å². The summed E-state index contributed by atoms with van der Waals surface area (Å²) in [6, 6.07) is 21.0. The van der Waals surface area contributed by atoms with Crippen molar-refractivity contribution in [2.24, 2.45) is 0 Å². The maximum atomic E-state index is 4.29. The lowest BCUT2D eigenvalue weighted by molar-refractivity contribution is 1.14. The molecule has 2 aromatic heterocycles. The number of rotatable bonds is 2. The quantitative estimate of drug-likeness (QED) is 0.481. The molecule has 120 valence electrons. The maximum absolute atomic E-state index is 4.29. The summed E-state index contributed by atoms with van der Waals surface area (Å²) >= 11 is 0. The summed E-state index contributed by atoms with van der Waals surface area (Å²) in [5.74, 6) is 0. The van der Waals surface area contributed by atoms with Gasteiger partial charge in [0.2, 0.25) is 0 Å². The van der Waals surface area contributed by atoms with E-state index in [1.54, 1.807) is 0 Å². The van der Waals surface area contributed by atoms with E-state index in [0.717, 1.165) is 23.9 Å². The second-order valence-corrected chi connectivity index (χ2v) is 5.77. The molecular weight excluding hydrogens is 292 g/mol. The van der Waals surface area contributed by atoms with Crippen LogP contribution in [0.1, 0.15) is 25.0 Å². The zero-order chi connectivity index (χ0) is 16.8. The minimum absolute atomic E-state index is 1.08. The Balaban J connectivity index is 0.000000141. The first-order chi connectivity index (χ1) is 11.8. The fourth-order valence-electron chi connectivity index (χ4n) is 2.68. The number of pyridine rings is 2. The molecule has 0 amide bonds. The topological polar surface area (TPSA) is 25.8 Å². The third-order valence-electron chi connectivity index (χ3n) is 4.15. The van der Waals surface area contributed by atoms with E-state index in [1.165, 1.54) is 21.9 Å². The molecule has 0 aliphatic rings. The van der Waals surface area contributed by atoms with Crippen molar-refractivity contribution < 1.29 is 0 Å². The molecule has 0 spiro atoms. The first-order valence-electron chi connectivity index (χ1n) is 8.47. The smallest absolute Gasteiger partial charge is 0.0704 e. The molecule has 0 unspecified atom stereocenters. The van der Waals surface area contributed by atoms with Gasteiger partial charge in [0.15, 0.2) is 0 Å². The van der Waals surface area contributed by atoms with Gasteiger partial charge in [0.1, 0.15) is 0 Å². The third-order valence-corrected chi connectivity index (χ3v) is 4.15. The predicted octanol–water partition coefficient (Wildman–Crippen LogP) is 5.59. The Morgan fingerprint density at radius 3 is 2.00 bits per heavy atom. The predicted molar refractivity (Wildman–Crippen MR) is 102 cm³/mol. The Kier molecular flexibility index (Phi) is 5.17. The summed E-state index contributed by atoms with van der Waals surface area (Å²) in [5, 5.41) is 2.45. The van der Waals surface area contributed by atoms with Gasteiger partial charge in [-0.2, -0.15) is 0 Å². The highest BCUT2D eigenvalue weighted by atomic mass is 14.6. The van der Waals surface area contributed by atoms with Crippen LogP contribution >= 0.6 is 0 Å². The van der Waals surface area contributed by atoms with Crippen LogP contribution in [-0.2, 0) is 12.8 Å². The van der Waals surface area contributed by atoms with Crippen LogP contribution in [0.25, 0.3) is 21.8 Å². The number of aromatic nitrogens is 2. The minimum atomic E-state index is 1.08. The average molecular weight is 314 g/mol. The lowest BCUT2D eigenvalue weighted by Gasteiger charge is -1.98. The highest BCUT2D eigenvalue weighted by Crippen LogP contribution is 2.14. The Hall–Kier alpha value is -2.74. The molecule has 2 aromatic carbocycles. The van der Waals surface area contributed by atoms with E-state index in [4.69, 9.17) is 0 Å².